The molecule has 2 fully saturated rings. The van der Waals surface area contributed by atoms with E-state index in [0.717, 1.165) is 30.5 Å². The number of likely N-dealkylation sites (tertiary alicyclic amines) is 1. The van der Waals surface area contributed by atoms with E-state index in [9.17, 15) is 19.8 Å². The van der Waals surface area contributed by atoms with Crippen LogP contribution in [-0.2, 0) is 16.6 Å². The Balaban J connectivity index is 1.94. The van der Waals surface area contributed by atoms with Crippen LogP contribution < -0.4 is 0 Å². The Labute approximate surface area is 141 Å². The molecule has 0 radical (unpaired) electrons. The Kier molecular flexibility index (Phi) is 4.38. The highest BCUT2D eigenvalue weighted by molar-refractivity contribution is 5.87. The zero-order valence-corrected chi connectivity index (χ0v) is 14.2. The summed E-state index contributed by atoms with van der Waals surface area (Å²) >= 11 is 0. The molecule has 7 heteroatoms. The van der Waals surface area contributed by atoms with Gasteiger partial charge in [-0.05, 0) is 19.8 Å². The van der Waals surface area contributed by atoms with Gasteiger partial charge in [0.2, 0.25) is 5.91 Å². The molecule has 24 heavy (non-hydrogen) atoms. The maximum Gasteiger partial charge on any atom is 0.309 e. The zero-order valence-electron chi connectivity index (χ0n) is 14.2. The minimum atomic E-state index is -0.977. The van der Waals surface area contributed by atoms with E-state index in [-0.39, 0.29) is 18.9 Å². The van der Waals surface area contributed by atoms with Gasteiger partial charge in [-0.15, -0.1) is 0 Å². The lowest BCUT2D eigenvalue weighted by molar-refractivity contribution is -0.143. The van der Waals surface area contributed by atoms with Crippen LogP contribution in [0.15, 0.2) is 6.20 Å². The van der Waals surface area contributed by atoms with Gasteiger partial charge in [0.15, 0.2) is 0 Å². The van der Waals surface area contributed by atoms with Crippen molar-refractivity contribution in [3.63, 3.8) is 0 Å². The van der Waals surface area contributed by atoms with Crippen LogP contribution >= 0.6 is 0 Å². The van der Waals surface area contributed by atoms with Crippen molar-refractivity contribution in [2.24, 2.45) is 13.0 Å². The average Bonchev–Trinajstić information content (AvgIpc) is 3.01. The number of aliphatic hydroxyl groups is 1. The van der Waals surface area contributed by atoms with Gasteiger partial charge in [0, 0.05) is 24.7 Å². The molecular formula is C17H25N3O4. The molecule has 1 aromatic rings. The molecule has 2 heterocycles. The van der Waals surface area contributed by atoms with E-state index in [4.69, 9.17) is 0 Å². The van der Waals surface area contributed by atoms with Crippen molar-refractivity contribution in [1.82, 2.24) is 14.7 Å². The number of carboxylic acid groups (broad SMARTS) is 1. The molecule has 0 unspecified atom stereocenters. The van der Waals surface area contributed by atoms with E-state index in [1.54, 1.807) is 22.8 Å². The van der Waals surface area contributed by atoms with Crippen LogP contribution in [0.25, 0.3) is 0 Å². The van der Waals surface area contributed by atoms with Crippen molar-refractivity contribution in [3.05, 3.63) is 17.5 Å². The first-order chi connectivity index (χ1) is 11.3. The molecule has 0 aromatic carbocycles. The Morgan fingerprint density at radius 2 is 2.04 bits per heavy atom. The monoisotopic (exact) mass is 335 g/mol. The summed E-state index contributed by atoms with van der Waals surface area (Å²) in [6, 6.07) is -0.561. The van der Waals surface area contributed by atoms with E-state index >= 15 is 0 Å². The highest BCUT2D eigenvalue weighted by Crippen LogP contribution is 2.41. The van der Waals surface area contributed by atoms with Gasteiger partial charge in [0.1, 0.15) is 0 Å². The number of hydrogen-bond acceptors (Lipinski definition) is 4. The van der Waals surface area contributed by atoms with Crippen LogP contribution in [0.2, 0.25) is 0 Å². The Morgan fingerprint density at radius 3 is 2.58 bits per heavy atom. The third kappa shape index (κ3) is 2.92. The van der Waals surface area contributed by atoms with Crippen LogP contribution in [0.3, 0.4) is 0 Å². The molecule has 0 spiro atoms. The van der Waals surface area contributed by atoms with Crippen molar-refractivity contribution in [2.75, 3.05) is 6.54 Å². The molecule has 7 nitrogen and oxygen atoms in total. The van der Waals surface area contributed by atoms with E-state index in [2.05, 4.69) is 5.10 Å². The number of aryl methyl sites for hydroxylation is 1. The summed E-state index contributed by atoms with van der Waals surface area (Å²) in [6.07, 6.45) is 5.92. The van der Waals surface area contributed by atoms with Gasteiger partial charge in [-0.1, -0.05) is 19.3 Å². The van der Waals surface area contributed by atoms with E-state index in [0.29, 0.717) is 12.8 Å². The second-order valence-corrected chi connectivity index (χ2v) is 7.21. The quantitative estimate of drug-likeness (QED) is 0.867. The Hall–Kier alpha value is -1.89. The fraction of sp³-hybridized carbons (Fsp3) is 0.706. The molecule has 1 saturated heterocycles. The summed E-state index contributed by atoms with van der Waals surface area (Å²) in [6.45, 7) is 2.08. The number of rotatable bonds is 4. The van der Waals surface area contributed by atoms with Gasteiger partial charge in [-0.3, -0.25) is 14.3 Å². The zero-order chi connectivity index (χ0) is 17.5. The summed E-state index contributed by atoms with van der Waals surface area (Å²) < 4.78 is 1.69. The lowest BCUT2D eigenvalue weighted by atomic mass is 9.84. The summed E-state index contributed by atoms with van der Waals surface area (Å²) in [4.78, 5) is 25.8. The van der Waals surface area contributed by atoms with Crippen LogP contribution in [0, 0.1) is 12.8 Å². The molecule has 0 bridgehead atoms. The van der Waals surface area contributed by atoms with Crippen molar-refractivity contribution in [3.8, 4) is 0 Å². The number of β-amino-alcohol motifs (C(OH)–C–C–N with tert-alkyl or cyclic N) is 1. The standard InChI is InChI=1S/C17H25N3O4/c1-11-13(9-18-19(11)2)15-12(16(22)23)8-14(21)20(15)10-17(24)6-4-3-5-7-17/h9,12,15,24H,3-8,10H2,1-2H3,(H,22,23)/t12-,15-/m0/s1. The first-order valence-corrected chi connectivity index (χ1v) is 8.55. The van der Waals surface area contributed by atoms with Gasteiger partial charge in [0.25, 0.3) is 0 Å². The summed E-state index contributed by atoms with van der Waals surface area (Å²) in [5, 5.41) is 24.6. The van der Waals surface area contributed by atoms with E-state index < -0.39 is 23.5 Å². The molecule has 2 N–H and O–H groups in total. The normalized spacial score (nSPS) is 26.8. The number of aliphatic carboxylic acids is 1. The van der Waals surface area contributed by atoms with Crippen LogP contribution in [0.1, 0.15) is 55.8 Å². The smallest absolute Gasteiger partial charge is 0.309 e. The Bertz CT molecular complexity index is 648. The van der Waals surface area contributed by atoms with E-state index in [1.807, 2.05) is 6.92 Å². The van der Waals surface area contributed by atoms with Gasteiger partial charge >= 0.3 is 5.97 Å². The van der Waals surface area contributed by atoms with Gasteiger partial charge in [-0.25, -0.2) is 0 Å². The number of amides is 1. The topological polar surface area (TPSA) is 95.7 Å². The fourth-order valence-corrected chi connectivity index (χ4v) is 4.07. The Morgan fingerprint density at radius 1 is 1.38 bits per heavy atom. The lowest BCUT2D eigenvalue weighted by Crippen LogP contribution is -2.46. The summed E-state index contributed by atoms with van der Waals surface area (Å²) in [7, 11) is 1.80. The number of hydrogen-bond donors (Lipinski definition) is 2. The van der Waals surface area contributed by atoms with Crippen LogP contribution in [-0.4, -0.2) is 48.9 Å². The largest absolute Gasteiger partial charge is 0.481 e. The molecule has 3 rings (SSSR count). The molecule has 1 amide bonds. The highest BCUT2D eigenvalue weighted by atomic mass is 16.4. The molecule has 1 aliphatic carbocycles. The molecule has 1 aromatic heterocycles. The predicted molar refractivity (Wildman–Crippen MR) is 86.2 cm³/mol. The number of nitrogens with zero attached hydrogens (tertiary/aromatic N) is 3. The third-order valence-corrected chi connectivity index (χ3v) is 5.59. The van der Waals surface area contributed by atoms with Crippen molar-refractivity contribution >= 4 is 11.9 Å². The minimum absolute atomic E-state index is 0.0234. The number of carboxylic acids is 1. The molecule has 1 aliphatic heterocycles. The molecule has 2 aliphatic rings. The van der Waals surface area contributed by atoms with Crippen molar-refractivity contribution < 1.29 is 19.8 Å². The average molecular weight is 335 g/mol. The molecular weight excluding hydrogens is 310 g/mol. The number of carbonyl (C=O) groups excluding carboxylic acids is 1. The lowest BCUT2D eigenvalue weighted by Gasteiger charge is -2.38. The highest BCUT2D eigenvalue weighted by Gasteiger charge is 2.48. The second-order valence-electron chi connectivity index (χ2n) is 7.21. The first-order valence-electron chi connectivity index (χ1n) is 8.55. The third-order valence-electron chi connectivity index (χ3n) is 5.59. The van der Waals surface area contributed by atoms with Gasteiger partial charge in [0.05, 0.1) is 30.3 Å². The van der Waals surface area contributed by atoms with Gasteiger partial charge in [-0.2, -0.15) is 5.10 Å². The SMILES string of the molecule is Cc1c([C@@H]2[C@@H](C(=O)O)CC(=O)N2CC2(O)CCCCC2)cnn1C. The first kappa shape index (κ1) is 17.0. The van der Waals surface area contributed by atoms with Crippen molar-refractivity contribution in [2.45, 2.75) is 57.1 Å². The maximum absolute atomic E-state index is 12.5. The number of aromatic nitrogens is 2. The minimum Gasteiger partial charge on any atom is -0.481 e. The van der Waals surface area contributed by atoms with Crippen molar-refractivity contribution in [1.29, 1.82) is 0 Å². The van der Waals surface area contributed by atoms with E-state index in [1.165, 1.54) is 0 Å². The second kappa shape index (κ2) is 6.20. The van der Waals surface area contributed by atoms with Gasteiger partial charge < -0.3 is 15.1 Å². The fourth-order valence-electron chi connectivity index (χ4n) is 4.07. The van der Waals surface area contributed by atoms with Crippen LogP contribution in [0.4, 0.5) is 0 Å². The summed E-state index contributed by atoms with van der Waals surface area (Å²) in [5.41, 5.74) is 0.701. The predicted octanol–water partition coefficient (Wildman–Crippen LogP) is 1.40. The number of carbonyl (C=O) groups is 2. The van der Waals surface area contributed by atoms with Crippen LogP contribution in [0.5, 0.6) is 0 Å². The maximum atomic E-state index is 12.5. The molecule has 132 valence electrons. The summed E-state index contributed by atoms with van der Waals surface area (Å²) in [5.74, 6) is -1.98. The molecule has 1 saturated carbocycles. The molecule has 2 atom stereocenters.